The van der Waals surface area contributed by atoms with Crippen molar-refractivity contribution in [1.82, 2.24) is 10.6 Å². The van der Waals surface area contributed by atoms with Gasteiger partial charge in [0, 0.05) is 18.7 Å². The Morgan fingerprint density at radius 3 is 2.74 bits per heavy atom. The van der Waals surface area contributed by atoms with E-state index in [2.05, 4.69) is 24.5 Å². The van der Waals surface area contributed by atoms with Gasteiger partial charge in [-0.3, -0.25) is 0 Å². The van der Waals surface area contributed by atoms with Crippen molar-refractivity contribution in [2.24, 2.45) is 5.92 Å². The number of ether oxygens (including phenoxy) is 1. The maximum Gasteiger partial charge on any atom is 0.315 e. The van der Waals surface area contributed by atoms with E-state index in [1.807, 2.05) is 24.3 Å². The van der Waals surface area contributed by atoms with Gasteiger partial charge in [-0.15, -0.1) is 0 Å². The second-order valence-corrected chi connectivity index (χ2v) is 4.65. The number of para-hydroxylation sites is 1. The van der Waals surface area contributed by atoms with Gasteiger partial charge in [0.15, 0.2) is 0 Å². The maximum absolute atomic E-state index is 11.4. The van der Waals surface area contributed by atoms with Crippen molar-refractivity contribution in [2.75, 3.05) is 19.8 Å². The summed E-state index contributed by atoms with van der Waals surface area (Å²) in [6, 6.07) is 7.33. The Morgan fingerprint density at radius 1 is 1.32 bits per heavy atom. The largest absolute Gasteiger partial charge is 0.493 e. The van der Waals surface area contributed by atoms with Crippen molar-refractivity contribution in [3.63, 3.8) is 0 Å². The Labute approximate surface area is 114 Å². The number of amides is 2. The lowest BCUT2D eigenvalue weighted by Crippen LogP contribution is -2.36. The molecule has 19 heavy (non-hydrogen) atoms. The van der Waals surface area contributed by atoms with Gasteiger partial charge in [-0.1, -0.05) is 32.0 Å². The monoisotopic (exact) mass is 266 g/mol. The number of carbonyl (C=O) groups is 1. The zero-order valence-corrected chi connectivity index (χ0v) is 11.5. The first-order valence-electron chi connectivity index (χ1n) is 6.46. The highest BCUT2D eigenvalue weighted by atomic mass is 16.5. The van der Waals surface area contributed by atoms with Gasteiger partial charge in [-0.25, -0.2) is 4.79 Å². The van der Waals surface area contributed by atoms with E-state index in [1.54, 1.807) is 0 Å². The van der Waals surface area contributed by atoms with Gasteiger partial charge in [0.25, 0.3) is 0 Å². The van der Waals surface area contributed by atoms with Gasteiger partial charge in [-0.05, 0) is 12.0 Å². The molecule has 5 heteroatoms. The second kappa shape index (κ2) is 8.37. The first-order valence-corrected chi connectivity index (χ1v) is 6.46. The maximum atomic E-state index is 11.4. The zero-order chi connectivity index (χ0) is 14.1. The molecule has 0 aliphatic rings. The molecule has 0 saturated carbocycles. The fourth-order valence-electron chi connectivity index (χ4n) is 1.45. The van der Waals surface area contributed by atoms with E-state index in [0.717, 1.165) is 11.3 Å². The van der Waals surface area contributed by atoms with Crippen LogP contribution in [0.4, 0.5) is 4.79 Å². The summed E-state index contributed by atoms with van der Waals surface area (Å²) in [7, 11) is 0. The molecule has 2 amide bonds. The number of rotatable bonds is 7. The molecule has 0 unspecified atom stereocenters. The molecule has 0 heterocycles. The van der Waals surface area contributed by atoms with Gasteiger partial charge in [0.2, 0.25) is 0 Å². The van der Waals surface area contributed by atoms with Crippen molar-refractivity contribution >= 4 is 6.03 Å². The molecule has 106 valence electrons. The summed E-state index contributed by atoms with van der Waals surface area (Å²) in [5, 5.41) is 13.9. The van der Waals surface area contributed by atoms with Crippen molar-refractivity contribution in [2.45, 2.75) is 20.4 Å². The van der Waals surface area contributed by atoms with Crippen LogP contribution in [0.3, 0.4) is 0 Å². The number of hydrogen-bond donors (Lipinski definition) is 3. The Hall–Kier alpha value is -1.75. The minimum atomic E-state index is -0.298. The number of urea groups is 1. The lowest BCUT2D eigenvalue weighted by atomic mass is 10.2. The smallest absolute Gasteiger partial charge is 0.315 e. The van der Waals surface area contributed by atoms with Crippen molar-refractivity contribution in [1.29, 1.82) is 0 Å². The van der Waals surface area contributed by atoms with Gasteiger partial charge in [0.1, 0.15) is 5.75 Å². The van der Waals surface area contributed by atoms with E-state index >= 15 is 0 Å². The van der Waals surface area contributed by atoms with Crippen LogP contribution in [0.5, 0.6) is 5.75 Å². The third-order valence-corrected chi connectivity index (χ3v) is 2.38. The SMILES string of the molecule is CC(C)COc1ccccc1CNC(=O)NCCO. The minimum Gasteiger partial charge on any atom is -0.493 e. The summed E-state index contributed by atoms with van der Waals surface area (Å²) in [4.78, 5) is 11.4. The molecule has 0 aromatic heterocycles. The molecule has 0 fully saturated rings. The third-order valence-electron chi connectivity index (χ3n) is 2.38. The van der Waals surface area contributed by atoms with Crippen LogP contribution in [0, 0.1) is 5.92 Å². The minimum absolute atomic E-state index is 0.0679. The van der Waals surface area contributed by atoms with Gasteiger partial charge < -0.3 is 20.5 Å². The highest BCUT2D eigenvalue weighted by Gasteiger charge is 2.06. The Bertz CT molecular complexity index is 394. The van der Waals surface area contributed by atoms with Gasteiger partial charge >= 0.3 is 6.03 Å². The predicted octanol–water partition coefficient (Wildman–Crippen LogP) is 1.51. The number of hydrogen-bond acceptors (Lipinski definition) is 3. The summed E-state index contributed by atoms with van der Waals surface area (Å²) < 4.78 is 5.70. The molecule has 0 radical (unpaired) electrons. The number of nitrogens with one attached hydrogen (secondary N) is 2. The lowest BCUT2D eigenvalue weighted by molar-refractivity contribution is 0.233. The van der Waals surface area contributed by atoms with E-state index in [9.17, 15) is 4.79 Å². The van der Waals surface area contributed by atoms with E-state index < -0.39 is 0 Å². The van der Waals surface area contributed by atoms with Crippen LogP contribution < -0.4 is 15.4 Å². The van der Waals surface area contributed by atoms with E-state index in [-0.39, 0.29) is 19.2 Å². The fraction of sp³-hybridized carbons (Fsp3) is 0.500. The molecule has 1 aromatic carbocycles. The van der Waals surface area contributed by atoms with Crippen molar-refractivity contribution in [3.8, 4) is 5.75 Å². The molecule has 0 bridgehead atoms. The van der Waals surface area contributed by atoms with Crippen LogP contribution in [-0.2, 0) is 6.54 Å². The number of aliphatic hydroxyl groups excluding tert-OH is 1. The molecule has 0 aliphatic carbocycles. The van der Waals surface area contributed by atoms with Crippen LogP contribution in [-0.4, -0.2) is 30.9 Å². The Morgan fingerprint density at radius 2 is 2.05 bits per heavy atom. The average Bonchev–Trinajstić information content (AvgIpc) is 2.41. The average molecular weight is 266 g/mol. The zero-order valence-electron chi connectivity index (χ0n) is 11.5. The summed E-state index contributed by atoms with van der Waals surface area (Å²) in [5.41, 5.74) is 0.933. The fourth-order valence-corrected chi connectivity index (χ4v) is 1.45. The van der Waals surface area contributed by atoms with Crippen molar-refractivity contribution in [3.05, 3.63) is 29.8 Å². The van der Waals surface area contributed by atoms with E-state index in [0.29, 0.717) is 19.1 Å². The number of aliphatic hydroxyl groups is 1. The van der Waals surface area contributed by atoms with Crippen LogP contribution in [0.15, 0.2) is 24.3 Å². The first-order chi connectivity index (χ1) is 9.13. The molecular formula is C14H22N2O3. The number of benzene rings is 1. The van der Waals surface area contributed by atoms with Gasteiger partial charge in [-0.2, -0.15) is 0 Å². The van der Waals surface area contributed by atoms with E-state index in [1.165, 1.54) is 0 Å². The van der Waals surface area contributed by atoms with Gasteiger partial charge in [0.05, 0.1) is 13.2 Å². The van der Waals surface area contributed by atoms with Crippen LogP contribution in [0.2, 0.25) is 0 Å². The van der Waals surface area contributed by atoms with Crippen molar-refractivity contribution < 1.29 is 14.6 Å². The normalized spacial score (nSPS) is 10.3. The highest BCUT2D eigenvalue weighted by Crippen LogP contribution is 2.18. The standard InChI is InChI=1S/C14H22N2O3/c1-11(2)10-19-13-6-4-3-5-12(13)9-16-14(18)15-7-8-17/h3-6,11,17H,7-10H2,1-2H3,(H2,15,16,18). The summed E-state index contributed by atoms with van der Waals surface area (Å²) >= 11 is 0. The summed E-state index contributed by atoms with van der Waals surface area (Å²) in [5.74, 6) is 1.24. The molecule has 3 N–H and O–H groups in total. The molecule has 1 aromatic rings. The molecule has 0 aliphatic heterocycles. The Balaban J connectivity index is 2.50. The van der Waals surface area contributed by atoms with Crippen LogP contribution >= 0.6 is 0 Å². The number of carbonyl (C=O) groups excluding carboxylic acids is 1. The molecule has 0 atom stereocenters. The Kier molecular flexibility index (Phi) is 6.74. The third kappa shape index (κ3) is 6.10. The first kappa shape index (κ1) is 15.3. The molecule has 5 nitrogen and oxygen atoms in total. The highest BCUT2D eigenvalue weighted by molar-refractivity contribution is 5.73. The molecule has 1 rings (SSSR count). The molecule has 0 spiro atoms. The second-order valence-electron chi connectivity index (χ2n) is 4.65. The topological polar surface area (TPSA) is 70.6 Å². The summed E-state index contributed by atoms with van der Waals surface area (Å²) in [6.07, 6.45) is 0. The summed E-state index contributed by atoms with van der Waals surface area (Å²) in [6.45, 7) is 5.39. The van der Waals surface area contributed by atoms with Crippen LogP contribution in [0.25, 0.3) is 0 Å². The quantitative estimate of drug-likeness (QED) is 0.700. The predicted molar refractivity (Wildman–Crippen MR) is 74.1 cm³/mol. The molecule has 0 saturated heterocycles. The molecular weight excluding hydrogens is 244 g/mol. The lowest BCUT2D eigenvalue weighted by Gasteiger charge is -2.13. The van der Waals surface area contributed by atoms with E-state index in [4.69, 9.17) is 9.84 Å². The van der Waals surface area contributed by atoms with Crippen LogP contribution in [0.1, 0.15) is 19.4 Å².